The van der Waals surface area contributed by atoms with Gasteiger partial charge in [-0.2, -0.15) is 0 Å². The minimum Gasteiger partial charge on any atom is -0.310 e. The Hall–Kier alpha value is -7.41. The molecule has 11 rings (SSSR count). The van der Waals surface area contributed by atoms with E-state index in [0.717, 1.165) is 55.9 Å². The Bertz CT molecular complexity index is 3080. The number of halogens is 1. The van der Waals surface area contributed by atoms with E-state index in [2.05, 4.69) is 148 Å². The summed E-state index contributed by atoms with van der Waals surface area (Å²) in [5, 5.41) is 7.39. The third-order valence-corrected chi connectivity index (χ3v) is 16.7. The molecule has 4 heterocycles. The molecule has 1 unspecified atom stereocenters. The molecule has 1 atom stereocenters. The predicted octanol–water partition coefficient (Wildman–Crippen LogP) is 10.5. The largest absolute Gasteiger partial charge is 0.310 e. The molecular weight excluding hydrogens is 740 g/mol. The number of rotatable bonds is 7. The molecule has 0 fully saturated rings. The Kier molecular flexibility index (Phi) is 8.38. The van der Waals surface area contributed by atoms with Gasteiger partial charge in [-0.15, -0.1) is 0 Å². The molecule has 0 bridgehead atoms. The van der Waals surface area contributed by atoms with Crippen LogP contribution in [0.15, 0.2) is 219 Å². The fourth-order valence-corrected chi connectivity index (χ4v) is 14.5. The van der Waals surface area contributed by atoms with E-state index in [1.165, 1.54) is 20.7 Å². The van der Waals surface area contributed by atoms with Crippen molar-refractivity contribution in [3.05, 3.63) is 230 Å². The van der Waals surface area contributed by atoms with E-state index < -0.39 is 14.2 Å². The number of hydrogen-bond acceptors (Lipinski definition) is 3. The molecule has 7 aromatic carbocycles. The number of anilines is 3. The molecule has 3 aromatic heterocycles. The van der Waals surface area contributed by atoms with Crippen LogP contribution in [0.3, 0.4) is 0 Å². The maximum Gasteiger partial charge on any atom is 0.184 e. The normalized spacial score (nSPS) is 13.5. The molecule has 0 aliphatic carbocycles. The van der Waals surface area contributed by atoms with Crippen molar-refractivity contribution >= 4 is 67.7 Å². The van der Waals surface area contributed by atoms with Gasteiger partial charge in [-0.1, -0.05) is 146 Å². The summed E-state index contributed by atoms with van der Waals surface area (Å²) in [6.07, 6.45) is 2.23. The summed E-state index contributed by atoms with van der Waals surface area (Å²) in [5.74, 6) is 0.772. The van der Waals surface area contributed by atoms with Crippen molar-refractivity contribution in [2.75, 3.05) is 4.90 Å². The summed E-state index contributed by atoms with van der Waals surface area (Å²) in [6.45, 7) is 0. The lowest BCUT2D eigenvalue weighted by Crippen LogP contribution is -2.77. The topological polar surface area (TPSA) is 34.0 Å². The lowest BCUT2D eigenvalue weighted by atomic mass is 9.98. The minimum atomic E-state index is -2.96. The molecule has 4 nitrogen and oxygen atoms in total. The maximum absolute atomic E-state index is 17.0. The predicted molar refractivity (Wildman–Crippen MR) is 243 cm³/mol. The minimum absolute atomic E-state index is 0.576. The summed E-state index contributed by atoms with van der Waals surface area (Å²) < 4.78 is 19.2. The van der Waals surface area contributed by atoms with Gasteiger partial charge in [-0.05, 0) is 92.5 Å². The van der Waals surface area contributed by atoms with Gasteiger partial charge in [0.05, 0.1) is 22.4 Å². The second kappa shape index (κ2) is 14.2. The van der Waals surface area contributed by atoms with Gasteiger partial charge >= 0.3 is 0 Å². The van der Waals surface area contributed by atoms with Gasteiger partial charge in [-0.3, -0.25) is 9.55 Å². The molecule has 0 radical (unpaired) electrons. The van der Waals surface area contributed by atoms with E-state index in [9.17, 15) is 0 Å². The zero-order valence-electron chi connectivity index (χ0n) is 32.0. The van der Waals surface area contributed by atoms with Gasteiger partial charge in [0.1, 0.15) is 5.82 Å². The molecule has 6 heteroatoms. The van der Waals surface area contributed by atoms with Crippen LogP contribution in [0.25, 0.3) is 38.9 Å². The quantitative estimate of drug-likeness (QED) is 0.151. The van der Waals surface area contributed by atoms with E-state index in [1.807, 2.05) is 79.0 Å². The number of nitrogens with zero attached hydrogens (tertiary/aromatic N) is 4. The molecule has 0 N–H and O–H groups in total. The molecule has 0 amide bonds. The van der Waals surface area contributed by atoms with Crippen molar-refractivity contribution in [1.29, 1.82) is 0 Å². The first kappa shape index (κ1) is 34.8. The smallest absolute Gasteiger partial charge is 0.184 e. The monoisotopic (exact) mass is 776 g/mol. The van der Waals surface area contributed by atoms with Crippen LogP contribution in [-0.2, 0) is 0 Å². The van der Waals surface area contributed by atoms with Crippen molar-refractivity contribution in [2.24, 2.45) is 0 Å². The first-order valence-corrected chi connectivity index (χ1v) is 22.0. The average Bonchev–Trinajstić information content (AvgIpc) is 3.66. The summed E-state index contributed by atoms with van der Waals surface area (Å²) in [5.41, 5.74) is 8.12. The first-order valence-electron chi connectivity index (χ1n) is 20.0. The molecule has 1 aliphatic rings. The summed E-state index contributed by atoms with van der Waals surface area (Å²) >= 11 is 0. The van der Waals surface area contributed by atoms with E-state index in [0.29, 0.717) is 11.1 Å². The van der Waals surface area contributed by atoms with Crippen LogP contribution in [0.2, 0.25) is 0 Å². The molecule has 1 aliphatic heterocycles. The highest BCUT2D eigenvalue weighted by Crippen LogP contribution is 2.46. The Labute approximate surface area is 343 Å². The van der Waals surface area contributed by atoms with Crippen molar-refractivity contribution in [3.8, 4) is 17.1 Å². The number of para-hydroxylation sites is 2. The summed E-state index contributed by atoms with van der Waals surface area (Å²) in [7, 11) is -2.96. The first-order chi connectivity index (χ1) is 29.2. The molecular formula is C53H37FN4Si. The highest BCUT2D eigenvalue weighted by molar-refractivity contribution is 7.21. The van der Waals surface area contributed by atoms with E-state index in [4.69, 9.17) is 4.98 Å². The lowest BCUT2D eigenvalue weighted by Gasteiger charge is -2.45. The van der Waals surface area contributed by atoms with Gasteiger partial charge in [0, 0.05) is 40.1 Å². The van der Waals surface area contributed by atoms with Crippen LogP contribution < -0.4 is 25.6 Å². The van der Waals surface area contributed by atoms with E-state index >= 15 is 4.39 Å². The van der Waals surface area contributed by atoms with E-state index in [-0.39, 0.29) is 0 Å². The van der Waals surface area contributed by atoms with Crippen LogP contribution in [0.1, 0.15) is 17.3 Å². The molecule has 0 saturated heterocycles. The van der Waals surface area contributed by atoms with Crippen molar-refractivity contribution < 1.29 is 4.39 Å². The SMILES string of the molecule is FC(c1cccc(-c2ccccn2)c1)c1ccc2c3c4c(ccc3n(-c3ccccn3)c2c1)[Si](c1ccccc1)(c1ccccc1)c1ccccc1N4c1ccccc1. The molecule has 10 aromatic rings. The van der Waals surface area contributed by atoms with E-state index in [1.54, 1.807) is 6.20 Å². The number of aromatic nitrogens is 3. The zero-order chi connectivity index (χ0) is 39.3. The van der Waals surface area contributed by atoms with Gasteiger partial charge in [0.15, 0.2) is 14.2 Å². The summed E-state index contributed by atoms with van der Waals surface area (Å²) in [6, 6.07) is 72.0. The average molecular weight is 777 g/mol. The number of pyridine rings is 2. The van der Waals surface area contributed by atoms with Crippen molar-refractivity contribution in [3.63, 3.8) is 0 Å². The van der Waals surface area contributed by atoms with Crippen LogP contribution in [-0.4, -0.2) is 22.6 Å². The Morgan fingerprint density at radius 2 is 1.15 bits per heavy atom. The number of fused-ring (bicyclic) bond motifs is 6. The molecule has 0 saturated carbocycles. The maximum atomic E-state index is 17.0. The Balaban J connectivity index is 1.24. The molecule has 59 heavy (non-hydrogen) atoms. The number of hydrogen-bond donors (Lipinski definition) is 0. The molecule has 0 spiro atoms. The third kappa shape index (κ3) is 5.48. The van der Waals surface area contributed by atoms with Gasteiger partial charge in [0.2, 0.25) is 0 Å². The van der Waals surface area contributed by atoms with Crippen LogP contribution in [0, 0.1) is 0 Å². The van der Waals surface area contributed by atoms with Crippen molar-refractivity contribution in [1.82, 2.24) is 14.5 Å². The van der Waals surface area contributed by atoms with Crippen LogP contribution >= 0.6 is 0 Å². The highest BCUT2D eigenvalue weighted by atomic mass is 28.3. The second-order valence-corrected chi connectivity index (χ2v) is 18.8. The van der Waals surface area contributed by atoms with Gasteiger partial charge < -0.3 is 4.90 Å². The summed E-state index contributed by atoms with van der Waals surface area (Å²) in [4.78, 5) is 11.9. The Morgan fingerprint density at radius 3 is 1.86 bits per heavy atom. The lowest BCUT2D eigenvalue weighted by molar-refractivity contribution is 0.402. The van der Waals surface area contributed by atoms with Crippen LogP contribution in [0.4, 0.5) is 21.5 Å². The Morgan fingerprint density at radius 1 is 0.492 bits per heavy atom. The standard InChI is InChI=1S/C53H37FN4Si/c54-52(38-18-16-17-37(35-38)44-25-12-14-33-55-44)39-29-30-43-47(36-39)58(50-28-13-15-34-56-50)46-31-32-49-53(51(43)46)57(40-19-4-1-5-20-40)45-26-10-11-27-48(45)59(49,41-21-6-2-7-22-41)42-23-8-3-9-24-42/h1-36,52H. The third-order valence-electron chi connectivity index (χ3n) is 11.8. The molecule has 280 valence electrons. The fourth-order valence-electron chi connectivity index (χ4n) is 9.38. The second-order valence-electron chi connectivity index (χ2n) is 15.0. The highest BCUT2D eigenvalue weighted by Gasteiger charge is 2.49. The fraction of sp³-hybridized carbons (Fsp3) is 0.0189. The number of alkyl halides is 1. The van der Waals surface area contributed by atoms with Crippen LogP contribution in [0.5, 0.6) is 0 Å². The zero-order valence-corrected chi connectivity index (χ0v) is 33.0. The van der Waals surface area contributed by atoms with Gasteiger partial charge in [0.25, 0.3) is 0 Å². The van der Waals surface area contributed by atoms with Crippen molar-refractivity contribution in [2.45, 2.75) is 6.17 Å². The van der Waals surface area contributed by atoms with Gasteiger partial charge in [-0.25, -0.2) is 9.37 Å². The number of benzene rings is 7.